The van der Waals surface area contributed by atoms with Crippen molar-refractivity contribution in [2.24, 2.45) is 11.8 Å². The number of aliphatic hydroxyl groups is 1. The molecule has 10 bridgehead atoms. The maximum atomic E-state index is 14.3. The molecule has 2 aliphatic rings. The molecule has 8 heterocycles. The van der Waals surface area contributed by atoms with Crippen LogP contribution in [0.4, 0.5) is 10.6 Å². The number of aryl methyl sites for hydroxylation is 1. The molecule has 1 aliphatic carbocycles. The summed E-state index contributed by atoms with van der Waals surface area (Å²) in [5, 5.41) is 53.3. The van der Waals surface area contributed by atoms with Crippen molar-refractivity contribution in [1.29, 1.82) is 0 Å². The van der Waals surface area contributed by atoms with E-state index >= 15 is 0 Å². The maximum Gasteiger partial charge on any atom is 0.416 e. The van der Waals surface area contributed by atoms with E-state index in [1.807, 2.05) is 13.8 Å². The minimum atomic E-state index is -1.36. The van der Waals surface area contributed by atoms with Gasteiger partial charge >= 0.3 is 18.0 Å². The highest BCUT2D eigenvalue weighted by Crippen LogP contribution is 2.41. The molecule has 0 spiro atoms. The Kier molecular flexibility index (Phi) is 18.9. The molecule has 1 aliphatic heterocycles. The lowest BCUT2D eigenvalue weighted by molar-refractivity contribution is -0.148. The second-order valence-corrected chi connectivity index (χ2v) is 26.0. The van der Waals surface area contributed by atoms with E-state index in [1.54, 1.807) is 60.1 Å². The number of aromatic nitrogens is 7. The number of carboxylic acid groups (broad SMARTS) is 2. The van der Waals surface area contributed by atoms with Crippen LogP contribution in [-0.4, -0.2) is 131 Å². The van der Waals surface area contributed by atoms with Gasteiger partial charge in [-0.25, -0.2) is 44.6 Å². The number of benzene rings is 1. The number of fused-ring (bicyclic) bond motifs is 14. The number of ether oxygens (including phenoxy) is 2. The second-order valence-electron chi connectivity index (χ2n) is 20.1. The van der Waals surface area contributed by atoms with Gasteiger partial charge in [-0.1, -0.05) is 44.2 Å². The first-order chi connectivity index (χ1) is 41.7. The van der Waals surface area contributed by atoms with Crippen molar-refractivity contribution in [3.05, 3.63) is 111 Å². The molecular formula is C55H53N13O13S6. The molecule has 1 aromatic carbocycles. The molecule has 1 fully saturated rings. The van der Waals surface area contributed by atoms with Crippen LogP contribution in [-0.2, 0) is 35.3 Å². The molecule has 26 nitrogen and oxygen atoms in total. The molecule has 32 heteroatoms. The molecule has 4 atom stereocenters. The van der Waals surface area contributed by atoms with E-state index in [-0.39, 0.29) is 76.1 Å². The van der Waals surface area contributed by atoms with Crippen LogP contribution in [0.15, 0.2) is 64.0 Å². The van der Waals surface area contributed by atoms with E-state index in [9.17, 15) is 53.7 Å². The van der Waals surface area contributed by atoms with Crippen LogP contribution in [0.3, 0.4) is 0 Å². The topological polar surface area (TPSA) is 369 Å². The van der Waals surface area contributed by atoms with Crippen LogP contribution in [0.1, 0.15) is 119 Å². The summed E-state index contributed by atoms with van der Waals surface area (Å²) in [5.41, 5.74) is 2.05. The third-order valence-corrected chi connectivity index (χ3v) is 19.5. The quantitative estimate of drug-likeness (QED) is 0.0565. The summed E-state index contributed by atoms with van der Waals surface area (Å²) in [6, 6.07) is 9.05. The first kappa shape index (κ1) is 61.7. The number of carbonyl (C=O) groups is 8. The van der Waals surface area contributed by atoms with Crippen molar-refractivity contribution in [3.8, 4) is 43.4 Å². The fourth-order valence-electron chi connectivity index (χ4n) is 9.14. The van der Waals surface area contributed by atoms with Gasteiger partial charge < -0.3 is 51.4 Å². The highest BCUT2D eigenvalue weighted by Gasteiger charge is 2.39. The summed E-state index contributed by atoms with van der Waals surface area (Å²) in [4.78, 5) is 142. The van der Waals surface area contributed by atoms with Crippen LogP contribution >= 0.6 is 68.0 Å². The molecule has 87 heavy (non-hydrogen) atoms. The minimum Gasteiger partial charge on any atom is -0.481 e. The number of amides is 6. The summed E-state index contributed by atoms with van der Waals surface area (Å²) in [7, 11) is 2.90. The van der Waals surface area contributed by atoms with Crippen molar-refractivity contribution in [2.45, 2.75) is 77.0 Å². The van der Waals surface area contributed by atoms with Crippen LogP contribution < -0.4 is 31.5 Å². The fraction of sp³-hybridized carbons (Fsp3) is 0.327. The molecule has 7 aromatic heterocycles. The molecular weight excluding hydrogens is 1240 g/mol. The zero-order valence-electron chi connectivity index (χ0n) is 46.6. The smallest absolute Gasteiger partial charge is 0.416 e. The average Bonchev–Trinajstić information content (AvgIpc) is 2.03. The second kappa shape index (κ2) is 26.7. The van der Waals surface area contributed by atoms with E-state index in [2.05, 4.69) is 41.5 Å². The predicted octanol–water partition coefficient (Wildman–Crippen LogP) is 7.20. The van der Waals surface area contributed by atoms with Gasteiger partial charge in [-0.15, -0.1) is 68.0 Å². The number of methoxy groups -OCH3 is 1. The maximum absolute atomic E-state index is 14.3. The molecule has 10 rings (SSSR count). The normalized spacial score (nSPS) is 18.5. The Bertz CT molecular complexity index is 3930. The van der Waals surface area contributed by atoms with Crippen LogP contribution in [0.25, 0.3) is 43.4 Å². The van der Waals surface area contributed by atoms with Crippen molar-refractivity contribution in [1.82, 2.24) is 61.5 Å². The lowest BCUT2D eigenvalue weighted by atomic mass is 9.82. The van der Waals surface area contributed by atoms with Gasteiger partial charge in [-0.3, -0.25) is 33.6 Å². The summed E-state index contributed by atoms with van der Waals surface area (Å²) in [6.07, 6.45) is -3.17. The predicted molar refractivity (Wildman–Crippen MR) is 323 cm³/mol. The Morgan fingerprint density at radius 1 is 0.713 bits per heavy atom. The molecule has 0 radical (unpaired) electrons. The minimum absolute atomic E-state index is 0.0181. The first-order valence-electron chi connectivity index (χ1n) is 26.6. The largest absolute Gasteiger partial charge is 0.481 e. The molecule has 452 valence electrons. The summed E-state index contributed by atoms with van der Waals surface area (Å²) >= 11 is 6.77. The van der Waals surface area contributed by atoms with Crippen LogP contribution in [0.5, 0.6) is 0 Å². The summed E-state index contributed by atoms with van der Waals surface area (Å²) < 4.78 is 10.9. The third-order valence-electron chi connectivity index (χ3n) is 13.7. The monoisotopic (exact) mass is 1300 g/mol. The molecule has 6 amide bonds. The van der Waals surface area contributed by atoms with Gasteiger partial charge in [0.05, 0.1) is 48.1 Å². The van der Waals surface area contributed by atoms with Gasteiger partial charge in [0.2, 0.25) is 11.8 Å². The fourth-order valence-corrected chi connectivity index (χ4v) is 14.7. The number of anilines is 1. The highest BCUT2D eigenvalue weighted by atomic mass is 32.1. The number of pyridine rings is 1. The zero-order valence-corrected chi connectivity index (χ0v) is 51.5. The van der Waals surface area contributed by atoms with Crippen LogP contribution in [0.2, 0.25) is 0 Å². The highest BCUT2D eigenvalue weighted by molar-refractivity contribution is 7.15. The Morgan fingerprint density at radius 3 is 2.14 bits per heavy atom. The number of carbonyl (C=O) groups excluding carboxylic acids is 6. The molecule has 8 aromatic rings. The zero-order chi connectivity index (χ0) is 61.8. The van der Waals surface area contributed by atoms with Gasteiger partial charge in [0.1, 0.15) is 94.8 Å². The van der Waals surface area contributed by atoms with E-state index in [0.29, 0.717) is 52.3 Å². The number of nitrogens with one attached hydrogen (secondary N) is 5. The van der Waals surface area contributed by atoms with E-state index < -0.39 is 96.9 Å². The number of hydrogen-bond acceptors (Lipinski definition) is 24. The van der Waals surface area contributed by atoms with Crippen molar-refractivity contribution < 1.29 is 63.1 Å². The number of hydrogen-bond donors (Lipinski definition) is 8. The Labute approximate surface area is 518 Å². The van der Waals surface area contributed by atoms with Gasteiger partial charge in [0.25, 0.3) is 17.7 Å². The van der Waals surface area contributed by atoms with Crippen LogP contribution in [0, 0.1) is 18.8 Å². The van der Waals surface area contributed by atoms with Gasteiger partial charge in [0, 0.05) is 46.1 Å². The lowest BCUT2D eigenvalue weighted by Gasteiger charge is -2.32. The first-order valence-corrected chi connectivity index (χ1v) is 31.8. The SMILES string of the molecule is CNC(=O)C[C@@H]1NC(=O)c2csc(n2)-c2ccc(-c3nc(N(CC(=O)O)C(=O)OC4CC(C(=O)O)C4)cs3)nc2-c2csc(n2)-c2csc(n2)[C@H]([C@@H](O)c2ccccc2)NC(=O)CNC(=O)c2nc(sc2COC)C(C(C)C)NC(=O)c2nc1sc2C. The summed E-state index contributed by atoms with van der Waals surface area (Å²) in [5.74, 6) is -6.46. The number of aliphatic hydroxyl groups excluding tert-OH is 1. The van der Waals surface area contributed by atoms with Gasteiger partial charge in [-0.05, 0) is 43.4 Å². The van der Waals surface area contributed by atoms with Crippen molar-refractivity contribution in [2.75, 3.05) is 32.1 Å². The van der Waals surface area contributed by atoms with E-state index in [4.69, 9.17) is 29.4 Å². The van der Waals surface area contributed by atoms with Gasteiger partial charge in [0.15, 0.2) is 0 Å². The van der Waals surface area contributed by atoms with Gasteiger partial charge in [-0.2, -0.15) is 0 Å². The summed E-state index contributed by atoms with van der Waals surface area (Å²) in [6.45, 7) is 4.04. The Balaban J connectivity index is 1.04. The van der Waals surface area contributed by atoms with E-state index in [1.165, 1.54) is 36.3 Å². The van der Waals surface area contributed by atoms with Crippen molar-refractivity contribution in [3.63, 3.8) is 0 Å². The number of thiazole rings is 6. The molecule has 1 saturated carbocycles. The molecule has 1 unspecified atom stereocenters. The molecule has 8 N–H and O–H groups in total. The number of aliphatic carboxylic acids is 2. The number of carboxylic acids is 2. The third kappa shape index (κ3) is 13.9. The lowest BCUT2D eigenvalue weighted by Crippen LogP contribution is -2.43. The number of nitrogens with zero attached hydrogens (tertiary/aromatic N) is 8. The standard InChI is InChI=1S/C55H53N13O13S6/c1-23(2)39-53-67-42(34(87-53)18-80-5)46(75)57-16-37(70)64-43(44(73)25-9-7-6-8-10-25)52-62-33(21-84-52)50-60-31(19-83-50)41-28(48-61-32(20-82-48)45(74)59-30(15-36(69)56-4)51-66-40(24(3)86-51)47(76)65-39)11-12-29(58-41)49-63-35(22-85-49)68(17-38(71)72)55(79)81-27-13-26(14-27)54(77)78/h6-12,19-23,26-27,30,39,43-44,73H,13-18H2,1-5H3,(H,56,69)(H,57,75)(H,59,74)(H,64,70)(H,65,76)(H,71,72)(H,77,78)/t26?,27?,30-,39?,43-,44-/m0/s1. The number of rotatable bonds is 13. The molecule has 0 saturated heterocycles. The van der Waals surface area contributed by atoms with E-state index in [0.717, 1.165) is 61.6 Å². The Morgan fingerprint density at radius 2 is 1.41 bits per heavy atom. The van der Waals surface area contributed by atoms with Crippen molar-refractivity contribution >= 4 is 121 Å². The Hall–Kier alpha value is -8.37. The average molecular weight is 1300 g/mol.